The number of fused-ring (bicyclic) bond motifs is 1. The maximum atomic E-state index is 6.21. The van der Waals surface area contributed by atoms with Crippen LogP contribution in [0.25, 0.3) is 16.7 Å². The van der Waals surface area contributed by atoms with Crippen molar-refractivity contribution >= 4 is 51.8 Å². The number of aromatic nitrogens is 2. The van der Waals surface area contributed by atoms with Gasteiger partial charge in [0.2, 0.25) is 5.95 Å². The molecule has 2 aromatic carbocycles. The van der Waals surface area contributed by atoms with Crippen LogP contribution in [0, 0.1) is 0 Å². The number of benzene rings is 2. The molecule has 0 aliphatic heterocycles. The molecule has 0 spiro atoms. The van der Waals surface area contributed by atoms with Gasteiger partial charge in [-0.05, 0) is 30.3 Å². The average Bonchev–Trinajstić information content (AvgIpc) is 2.66. The van der Waals surface area contributed by atoms with Gasteiger partial charge in [-0.1, -0.05) is 40.9 Å². The van der Waals surface area contributed by atoms with Gasteiger partial charge in [0, 0.05) is 5.02 Å². The molecule has 0 saturated heterocycles. The fourth-order valence-corrected chi connectivity index (χ4v) is 2.74. The topological polar surface area (TPSA) is 43.8 Å². The van der Waals surface area contributed by atoms with Crippen molar-refractivity contribution in [3.63, 3.8) is 0 Å². The van der Waals surface area contributed by atoms with Crippen molar-refractivity contribution in [2.45, 2.75) is 0 Å². The van der Waals surface area contributed by atoms with Crippen LogP contribution >= 0.6 is 34.8 Å². The summed E-state index contributed by atoms with van der Waals surface area (Å²) in [5.74, 6) is 0.312. The van der Waals surface area contributed by atoms with Crippen LogP contribution < -0.4 is 5.73 Å². The molecule has 0 aliphatic carbocycles. The highest BCUT2D eigenvalue weighted by Crippen LogP contribution is 2.34. The summed E-state index contributed by atoms with van der Waals surface area (Å²) in [6.45, 7) is 0. The number of para-hydroxylation sites is 1. The summed E-state index contributed by atoms with van der Waals surface area (Å²) in [6.07, 6.45) is 0. The summed E-state index contributed by atoms with van der Waals surface area (Å²) in [4.78, 5) is 4.28. The second kappa shape index (κ2) is 4.60. The maximum absolute atomic E-state index is 6.21. The first-order valence-electron chi connectivity index (χ1n) is 5.46. The third kappa shape index (κ3) is 2.04. The van der Waals surface area contributed by atoms with Crippen molar-refractivity contribution < 1.29 is 0 Å². The summed E-state index contributed by atoms with van der Waals surface area (Å²) in [7, 11) is 0. The molecule has 0 radical (unpaired) electrons. The van der Waals surface area contributed by atoms with E-state index in [4.69, 9.17) is 40.5 Å². The molecule has 96 valence electrons. The Morgan fingerprint density at radius 1 is 1.00 bits per heavy atom. The molecule has 3 aromatic rings. The number of nitrogens with zero attached hydrogens (tertiary/aromatic N) is 2. The Balaban J connectivity index is 2.42. The molecular formula is C13H8Cl3N3. The van der Waals surface area contributed by atoms with Crippen molar-refractivity contribution in [1.82, 2.24) is 9.55 Å². The Morgan fingerprint density at radius 3 is 2.37 bits per heavy atom. The predicted molar refractivity (Wildman–Crippen MR) is 80.5 cm³/mol. The predicted octanol–water partition coefficient (Wildman–Crippen LogP) is 4.57. The van der Waals surface area contributed by atoms with Gasteiger partial charge in [0.15, 0.2) is 0 Å². The molecule has 0 fully saturated rings. The molecule has 2 N–H and O–H groups in total. The second-order valence-electron chi connectivity index (χ2n) is 4.01. The fourth-order valence-electron chi connectivity index (χ4n) is 2.00. The van der Waals surface area contributed by atoms with Crippen molar-refractivity contribution in [2.75, 3.05) is 5.73 Å². The zero-order valence-electron chi connectivity index (χ0n) is 9.57. The third-order valence-corrected chi connectivity index (χ3v) is 3.65. The van der Waals surface area contributed by atoms with Crippen molar-refractivity contribution in [3.8, 4) is 5.69 Å². The molecule has 0 atom stereocenters. The fraction of sp³-hybridized carbons (Fsp3) is 0. The summed E-state index contributed by atoms with van der Waals surface area (Å²) >= 11 is 18.4. The Kier molecular flexibility index (Phi) is 3.05. The lowest BCUT2D eigenvalue weighted by Gasteiger charge is -2.10. The lowest BCUT2D eigenvalue weighted by Crippen LogP contribution is -2.02. The number of halogens is 3. The minimum absolute atomic E-state index is 0.312. The van der Waals surface area contributed by atoms with E-state index in [1.165, 1.54) is 0 Å². The molecule has 1 heterocycles. The van der Waals surface area contributed by atoms with E-state index in [1.54, 1.807) is 41.0 Å². The highest BCUT2D eigenvalue weighted by molar-refractivity contribution is 6.38. The van der Waals surface area contributed by atoms with Gasteiger partial charge in [0.25, 0.3) is 0 Å². The quantitative estimate of drug-likeness (QED) is 0.715. The molecule has 0 unspecified atom stereocenters. The van der Waals surface area contributed by atoms with E-state index < -0.39 is 0 Å². The molecular weight excluding hydrogens is 305 g/mol. The molecule has 0 aliphatic rings. The molecule has 6 heteroatoms. The van der Waals surface area contributed by atoms with Crippen LogP contribution in [0.1, 0.15) is 0 Å². The number of imidazole rings is 1. The number of anilines is 1. The third-order valence-electron chi connectivity index (χ3n) is 2.80. The van der Waals surface area contributed by atoms with E-state index in [0.29, 0.717) is 26.7 Å². The number of nitrogen functional groups attached to an aromatic ring is 1. The summed E-state index contributed by atoms with van der Waals surface area (Å²) < 4.78 is 1.70. The van der Waals surface area contributed by atoms with Crippen LogP contribution in [-0.2, 0) is 0 Å². The van der Waals surface area contributed by atoms with E-state index >= 15 is 0 Å². The van der Waals surface area contributed by atoms with Gasteiger partial charge in [-0.25, -0.2) is 4.98 Å². The van der Waals surface area contributed by atoms with Crippen molar-refractivity contribution in [1.29, 1.82) is 0 Å². The number of rotatable bonds is 1. The minimum atomic E-state index is 0.312. The second-order valence-corrected chi connectivity index (χ2v) is 5.26. The zero-order chi connectivity index (χ0) is 13.6. The van der Waals surface area contributed by atoms with Gasteiger partial charge >= 0.3 is 0 Å². The Hall–Kier alpha value is -1.42. The Morgan fingerprint density at radius 2 is 1.68 bits per heavy atom. The highest BCUT2D eigenvalue weighted by Gasteiger charge is 2.15. The summed E-state index contributed by atoms with van der Waals surface area (Å²) in [6, 6.07) is 10.6. The van der Waals surface area contributed by atoms with Gasteiger partial charge in [0.05, 0.1) is 26.8 Å². The molecule has 0 amide bonds. The average molecular weight is 313 g/mol. The zero-order valence-corrected chi connectivity index (χ0v) is 11.8. The largest absolute Gasteiger partial charge is 0.369 e. The number of hydrogen-bond acceptors (Lipinski definition) is 2. The van der Waals surface area contributed by atoms with E-state index in [0.717, 1.165) is 11.0 Å². The maximum Gasteiger partial charge on any atom is 0.206 e. The lowest BCUT2D eigenvalue weighted by molar-refractivity contribution is 1.11. The van der Waals surface area contributed by atoms with E-state index in [9.17, 15) is 0 Å². The van der Waals surface area contributed by atoms with Crippen molar-refractivity contribution in [3.05, 3.63) is 51.5 Å². The first kappa shape index (κ1) is 12.6. The van der Waals surface area contributed by atoms with Crippen molar-refractivity contribution in [2.24, 2.45) is 0 Å². The monoisotopic (exact) mass is 311 g/mol. The van der Waals surface area contributed by atoms with E-state index in [-0.39, 0.29) is 0 Å². The lowest BCUT2D eigenvalue weighted by atomic mass is 10.2. The normalized spacial score (nSPS) is 11.1. The smallest absolute Gasteiger partial charge is 0.206 e. The minimum Gasteiger partial charge on any atom is -0.369 e. The van der Waals surface area contributed by atoms with Crippen LogP contribution in [0.15, 0.2) is 36.4 Å². The van der Waals surface area contributed by atoms with Gasteiger partial charge in [-0.3, -0.25) is 4.57 Å². The van der Waals surface area contributed by atoms with Crippen LogP contribution in [-0.4, -0.2) is 9.55 Å². The standard InChI is InChI=1S/C13H8Cl3N3/c14-7-4-5-10-11(6-7)19(13(17)18-10)12-8(15)2-1-3-9(12)16/h1-6H,(H2,17,18). The van der Waals surface area contributed by atoms with Gasteiger partial charge in [-0.2, -0.15) is 0 Å². The van der Waals surface area contributed by atoms with Gasteiger partial charge in [0.1, 0.15) is 0 Å². The molecule has 3 rings (SSSR count). The van der Waals surface area contributed by atoms with E-state index in [1.807, 2.05) is 0 Å². The van der Waals surface area contributed by atoms with Crippen LogP contribution in [0.3, 0.4) is 0 Å². The summed E-state index contributed by atoms with van der Waals surface area (Å²) in [5, 5.41) is 1.59. The molecule has 0 bridgehead atoms. The Bertz CT molecular complexity index is 760. The molecule has 3 nitrogen and oxygen atoms in total. The number of hydrogen-bond donors (Lipinski definition) is 1. The molecule has 19 heavy (non-hydrogen) atoms. The van der Waals surface area contributed by atoms with Crippen LogP contribution in [0.5, 0.6) is 0 Å². The number of nitrogens with two attached hydrogens (primary N) is 1. The van der Waals surface area contributed by atoms with E-state index in [2.05, 4.69) is 4.98 Å². The summed E-state index contributed by atoms with van der Waals surface area (Å²) in [5.41, 5.74) is 8.07. The SMILES string of the molecule is Nc1nc2ccc(Cl)cc2n1-c1c(Cl)cccc1Cl. The highest BCUT2D eigenvalue weighted by atomic mass is 35.5. The van der Waals surface area contributed by atoms with Crippen LogP contribution in [0.4, 0.5) is 5.95 Å². The van der Waals surface area contributed by atoms with Gasteiger partial charge < -0.3 is 5.73 Å². The van der Waals surface area contributed by atoms with Crippen LogP contribution in [0.2, 0.25) is 15.1 Å². The molecule has 1 aromatic heterocycles. The first-order valence-corrected chi connectivity index (χ1v) is 6.59. The Labute approximate surface area is 124 Å². The first-order chi connectivity index (χ1) is 9.08. The van der Waals surface area contributed by atoms with Gasteiger partial charge in [-0.15, -0.1) is 0 Å². The molecule has 0 saturated carbocycles.